The minimum atomic E-state index is -0.351. The van der Waals surface area contributed by atoms with Crippen LogP contribution in [0.15, 0.2) is 47.4 Å². The van der Waals surface area contributed by atoms with E-state index in [2.05, 4.69) is 34.1 Å². The minimum absolute atomic E-state index is 0.345. The number of carbonyl (C=O) groups excluding carboxylic acids is 3. The van der Waals surface area contributed by atoms with Crippen molar-refractivity contribution in [1.82, 2.24) is 14.7 Å². The molecule has 2 fully saturated rings. The van der Waals surface area contributed by atoms with Crippen LogP contribution < -0.4 is 0 Å². The van der Waals surface area contributed by atoms with Crippen molar-refractivity contribution in [1.29, 1.82) is 0 Å². The van der Waals surface area contributed by atoms with Gasteiger partial charge in [0.2, 0.25) is 0 Å². The van der Waals surface area contributed by atoms with Crippen molar-refractivity contribution >= 4 is 30.6 Å². The second-order valence-corrected chi connectivity index (χ2v) is 12.3. The third kappa shape index (κ3) is 8.84. The summed E-state index contributed by atoms with van der Waals surface area (Å²) in [7, 11) is 1.87. The summed E-state index contributed by atoms with van der Waals surface area (Å²) in [6.45, 7) is 6.66. The van der Waals surface area contributed by atoms with E-state index in [0.29, 0.717) is 24.9 Å². The molecule has 0 aromatic heterocycles. The number of hydrogen-bond donors (Lipinski definition) is 0. The third-order valence-electron chi connectivity index (χ3n) is 8.61. The van der Waals surface area contributed by atoms with Gasteiger partial charge in [-0.15, -0.1) is 11.8 Å². The SMILES string of the molecule is CN(Cc1c(C=O)cccc1SCc1ccc(CCN2CCC(N3CCCCC3)CC2)cc1)C(C=O)CCC=O. The van der Waals surface area contributed by atoms with Gasteiger partial charge in [0.15, 0.2) is 0 Å². The highest BCUT2D eigenvalue weighted by atomic mass is 32.2. The molecule has 2 heterocycles. The quantitative estimate of drug-likeness (QED) is 0.216. The Balaban J connectivity index is 1.27. The number of piperidine rings is 2. The maximum atomic E-state index is 11.8. The Morgan fingerprint density at radius 1 is 0.950 bits per heavy atom. The van der Waals surface area contributed by atoms with Crippen LogP contribution in [0.3, 0.4) is 0 Å². The smallest absolute Gasteiger partial charge is 0.150 e. The number of benzene rings is 2. The molecule has 2 aromatic rings. The van der Waals surface area contributed by atoms with E-state index in [4.69, 9.17) is 0 Å². The molecular weight excluding hydrogens is 518 g/mol. The topological polar surface area (TPSA) is 60.9 Å². The molecule has 0 saturated carbocycles. The standard InChI is InChI=1S/C33H45N3O3S/c1-34(31(25-39)8-6-22-37)23-32-29(24-38)7-5-9-33(32)40-26-28-12-10-27(11-13-28)14-19-35-20-15-30(16-21-35)36-17-3-2-4-18-36/h5,7,9-13,22,24-25,30-31H,2-4,6,8,14-21,23,26H2,1H3. The van der Waals surface area contributed by atoms with Gasteiger partial charge in [0.05, 0.1) is 6.04 Å². The molecule has 2 saturated heterocycles. The van der Waals surface area contributed by atoms with E-state index in [-0.39, 0.29) is 6.04 Å². The fourth-order valence-corrected chi connectivity index (χ4v) is 7.08. The molecule has 40 heavy (non-hydrogen) atoms. The maximum absolute atomic E-state index is 11.8. The van der Waals surface area contributed by atoms with Gasteiger partial charge >= 0.3 is 0 Å². The molecular formula is C33H45N3O3S. The van der Waals surface area contributed by atoms with Crippen molar-refractivity contribution in [2.24, 2.45) is 0 Å². The highest BCUT2D eigenvalue weighted by molar-refractivity contribution is 7.98. The Morgan fingerprint density at radius 3 is 2.35 bits per heavy atom. The molecule has 6 nitrogen and oxygen atoms in total. The van der Waals surface area contributed by atoms with Crippen molar-refractivity contribution in [2.45, 2.75) is 80.6 Å². The van der Waals surface area contributed by atoms with E-state index in [1.807, 2.05) is 30.1 Å². The Morgan fingerprint density at radius 2 is 1.68 bits per heavy atom. The Hall–Kier alpha value is -2.32. The van der Waals surface area contributed by atoms with Crippen LogP contribution in [0.2, 0.25) is 0 Å². The predicted molar refractivity (Wildman–Crippen MR) is 163 cm³/mol. The monoisotopic (exact) mass is 563 g/mol. The van der Waals surface area contributed by atoms with Gasteiger partial charge in [0, 0.05) is 41.8 Å². The summed E-state index contributed by atoms with van der Waals surface area (Å²) in [6.07, 6.45) is 11.3. The van der Waals surface area contributed by atoms with E-state index < -0.39 is 0 Å². The maximum Gasteiger partial charge on any atom is 0.150 e. The van der Waals surface area contributed by atoms with Gasteiger partial charge in [0.25, 0.3) is 0 Å². The summed E-state index contributed by atoms with van der Waals surface area (Å²) < 4.78 is 0. The lowest BCUT2D eigenvalue weighted by molar-refractivity contribution is -0.113. The average molecular weight is 564 g/mol. The first-order valence-electron chi connectivity index (χ1n) is 14.9. The molecule has 1 unspecified atom stereocenters. The van der Waals surface area contributed by atoms with Crippen LogP contribution in [0.25, 0.3) is 0 Å². The third-order valence-corrected chi connectivity index (χ3v) is 9.78. The molecule has 0 amide bonds. The second kappa shape index (κ2) is 16.2. The van der Waals surface area contributed by atoms with Gasteiger partial charge in [-0.25, -0.2) is 0 Å². The highest BCUT2D eigenvalue weighted by Crippen LogP contribution is 2.30. The Kier molecular flexibility index (Phi) is 12.4. The summed E-state index contributed by atoms with van der Waals surface area (Å²) in [5, 5.41) is 0. The van der Waals surface area contributed by atoms with Crippen LogP contribution in [0, 0.1) is 0 Å². The van der Waals surface area contributed by atoms with Crippen LogP contribution in [0.5, 0.6) is 0 Å². The summed E-state index contributed by atoms with van der Waals surface area (Å²) >= 11 is 1.72. The zero-order chi connectivity index (χ0) is 28.2. The first-order valence-corrected chi connectivity index (χ1v) is 15.9. The van der Waals surface area contributed by atoms with Gasteiger partial charge < -0.3 is 19.4 Å². The lowest BCUT2D eigenvalue weighted by Crippen LogP contribution is -2.47. The van der Waals surface area contributed by atoms with Crippen molar-refractivity contribution in [3.05, 3.63) is 64.7 Å². The molecule has 0 aliphatic carbocycles. The Bertz CT molecular complexity index is 1080. The average Bonchev–Trinajstić information content (AvgIpc) is 3.01. The van der Waals surface area contributed by atoms with Gasteiger partial charge in [-0.2, -0.15) is 0 Å². The van der Waals surface area contributed by atoms with E-state index in [9.17, 15) is 14.4 Å². The van der Waals surface area contributed by atoms with Gasteiger partial charge in [-0.3, -0.25) is 9.69 Å². The number of likely N-dealkylation sites (N-methyl/N-ethyl adjacent to an activating group) is 1. The predicted octanol–water partition coefficient (Wildman–Crippen LogP) is 5.26. The largest absolute Gasteiger partial charge is 0.303 e. The van der Waals surface area contributed by atoms with Crippen LogP contribution in [0.4, 0.5) is 0 Å². The van der Waals surface area contributed by atoms with Crippen molar-refractivity contribution in [3.8, 4) is 0 Å². The highest BCUT2D eigenvalue weighted by Gasteiger charge is 2.25. The zero-order valence-corrected chi connectivity index (χ0v) is 24.8. The van der Waals surface area contributed by atoms with Gasteiger partial charge in [-0.1, -0.05) is 42.8 Å². The van der Waals surface area contributed by atoms with Crippen LogP contribution in [-0.2, 0) is 28.3 Å². The molecule has 7 heteroatoms. The van der Waals surface area contributed by atoms with E-state index in [0.717, 1.165) is 54.1 Å². The summed E-state index contributed by atoms with van der Waals surface area (Å²) in [5.41, 5.74) is 4.21. The zero-order valence-electron chi connectivity index (χ0n) is 24.0. The van der Waals surface area contributed by atoms with Gasteiger partial charge in [0.1, 0.15) is 18.9 Å². The second-order valence-electron chi connectivity index (χ2n) is 11.3. The molecule has 2 aliphatic rings. The number of hydrogen-bond acceptors (Lipinski definition) is 7. The molecule has 2 aliphatic heterocycles. The number of nitrogens with zero attached hydrogens (tertiary/aromatic N) is 3. The van der Waals surface area contributed by atoms with Crippen LogP contribution in [-0.4, -0.2) is 85.4 Å². The number of aldehydes is 3. The normalized spacial score (nSPS) is 18.1. The van der Waals surface area contributed by atoms with E-state index >= 15 is 0 Å². The van der Waals surface area contributed by atoms with Crippen molar-refractivity contribution < 1.29 is 14.4 Å². The molecule has 4 rings (SSSR count). The lowest BCUT2D eigenvalue weighted by atomic mass is 9.99. The minimum Gasteiger partial charge on any atom is -0.303 e. The molecule has 0 bridgehead atoms. The molecule has 2 aromatic carbocycles. The molecule has 0 N–H and O–H groups in total. The molecule has 216 valence electrons. The Labute approximate surface area is 244 Å². The fourth-order valence-electron chi connectivity index (χ4n) is 6.04. The number of thioether (sulfide) groups is 1. The summed E-state index contributed by atoms with van der Waals surface area (Å²) in [4.78, 5) is 42.5. The molecule has 1 atom stereocenters. The fraction of sp³-hybridized carbons (Fsp3) is 0.545. The first-order chi connectivity index (χ1) is 19.6. The van der Waals surface area contributed by atoms with Crippen molar-refractivity contribution in [3.63, 3.8) is 0 Å². The van der Waals surface area contributed by atoms with Crippen LogP contribution in [0.1, 0.15) is 72.0 Å². The lowest BCUT2D eigenvalue weighted by Gasteiger charge is -2.40. The molecule has 0 radical (unpaired) electrons. The number of carbonyl (C=O) groups is 3. The van der Waals surface area contributed by atoms with Crippen molar-refractivity contribution in [2.75, 3.05) is 39.8 Å². The first kappa shape index (κ1) is 30.6. The van der Waals surface area contributed by atoms with E-state index in [1.54, 1.807) is 11.8 Å². The van der Waals surface area contributed by atoms with Gasteiger partial charge in [-0.05, 0) is 94.5 Å². The molecule has 0 spiro atoms. The number of rotatable bonds is 15. The van der Waals surface area contributed by atoms with Crippen LogP contribution >= 0.6 is 11.8 Å². The number of likely N-dealkylation sites (tertiary alicyclic amines) is 2. The summed E-state index contributed by atoms with van der Waals surface area (Å²) in [5.74, 6) is 0.811. The summed E-state index contributed by atoms with van der Waals surface area (Å²) in [6, 6.07) is 15.2. The van der Waals surface area contributed by atoms with E-state index in [1.165, 1.54) is 69.4 Å².